The lowest BCUT2D eigenvalue weighted by atomic mass is 10.2. The fraction of sp³-hybridized carbons (Fsp3) is 0.286. The number of rotatable bonds is 2. The Bertz CT molecular complexity index is 776. The molecule has 98 valence electrons. The number of nitrogen functional groups attached to an aromatic ring is 1. The lowest BCUT2D eigenvalue weighted by Crippen LogP contribution is -2.02. The molecule has 2 N–H and O–H groups in total. The Hall–Kier alpha value is -2.17. The molecular formula is C14H15FN4. The summed E-state index contributed by atoms with van der Waals surface area (Å²) in [5.41, 5.74) is 9.01. The van der Waals surface area contributed by atoms with E-state index in [0.29, 0.717) is 16.9 Å². The van der Waals surface area contributed by atoms with E-state index in [4.69, 9.17) is 5.73 Å². The van der Waals surface area contributed by atoms with Crippen molar-refractivity contribution in [3.05, 3.63) is 35.5 Å². The van der Waals surface area contributed by atoms with Gasteiger partial charge in [-0.15, -0.1) is 0 Å². The molecular weight excluding hydrogens is 243 g/mol. The first kappa shape index (κ1) is 11.9. The molecule has 0 unspecified atom stereocenters. The van der Waals surface area contributed by atoms with E-state index in [1.54, 1.807) is 6.07 Å². The molecule has 0 amide bonds. The van der Waals surface area contributed by atoms with Gasteiger partial charge in [0.1, 0.15) is 23.0 Å². The van der Waals surface area contributed by atoms with Crippen molar-refractivity contribution in [2.75, 3.05) is 5.73 Å². The Morgan fingerprint density at radius 3 is 2.84 bits per heavy atom. The van der Waals surface area contributed by atoms with Gasteiger partial charge in [0.2, 0.25) is 0 Å². The maximum Gasteiger partial charge on any atom is 0.150 e. The van der Waals surface area contributed by atoms with Crippen LogP contribution in [0, 0.1) is 12.7 Å². The number of nitrogens with two attached hydrogens (primary N) is 1. The van der Waals surface area contributed by atoms with E-state index in [-0.39, 0.29) is 5.82 Å². The van der Waals surface area contributed by atoms with Crippen molar-refractivity contribution in [2.24, 2.45) is 0 Å². The van der Waals surface area contributed by atoms with Crippen molar-refractivity contribution >= 4 is 22.4 Å². The number of fused-ring (bicyclic) bond motifs is 3. The number of hydrogen-bond donors (Lipinski definition) is 1. The molecule has 3 rings (SSSR count). The molecule has 0 aliphatic heterocycles. The van der Waals surface area contributed by atoms with E-state index in [1.807, 2.05) is 11.3 Å². The van der Waals surface area contributed by atoms with Gasteiger partial charge in [-0.05, 0) is 25.5 Å². The minimum absolute atomic E-state index is 0.283. The van der Waals surface area contributed by atoms with E-state index in [1.165, 1.54) is 12.1 Å². The van der Waals surface area contributed by atoms with E-state index in [2.05, 4.69) is 16.9 Å². The number of benzene rings is 1. The van der Waals surface area contributed by atoms with Crippen LogP contribution in [0.3, 0.4) is 0 Å². The second-order valence-corrected chi connectivity index (χ2v) is 4.68. The predicted octanol–water partition coefficient (Wildman–Crippen LogP) is 2.86. The molecule has 0 fully saturated rings. The normalized spacial score (nSPS) is 11.5. The molecule has 0 saturated carbocycles. The third kappa shape index (κ3) is 1.73. The number of imidazole rings is 1. The monoisotopic (exact) mass is 258 g/mol. The minimum Gasteiger partial charge on any atom is -0.382 e. The summed E-state index contributed by atoms with van der Waals surface area (Å²) >= 11 is 0. The zero-order valence-corrected chi connectivity index (χ0v) is 10.9. The smallest absolute Gasteiger partial charge is 0.150 e. The van der Waals surface area contributed by atoms with Crippen molar-refractivity contribution in [2.45, 2.75) is 26.7 Å². The molecule has 19 heavy (non-hydrogen) atoms. The van der Waals surface area contributed by atoms with Crippen molar-refractivity contribution in [1.29, 1.82) is 0 Å². The van der Waals surface area contributed by atoms with Crippen LogP contribution in [0.15, 0.2) is 18.2 Å². The van der Waals surface area contributed by atoms with Gasteiger partial charge in [-0.1, -0.05) is 6.92 Å². The Kier molecular flexibility index (Phi) is 2.62. The third-order valence-electron chi connectivity index (χ3n) is 3.26. The van der Waals surface area contributed by atoms with Crippen molar-refractivity contribution in [3.63, 3.8) is 0 Å². The molecule has 0 bridgehead atoms. The highest BCUT2D eigenvalue weighted by Crippen LogP contribution is 2.25. The Morgan fingerprint density at radius 2 is 2.11 bits per heavy atom. The number of nitrogens with zero attached hydrogens (tertiary/aromatic N) is 3. The van der Waals surface area contributed by atoms with Crippen LogP contribution >= 0.6 is 0 Å². The fourth-order valence-corrected chi connectivity index (χ4v) is 2.49. The number of anilines is 1. The maximum absolute atomic E-state index is 13.5. The number of aromatic nitrogens is 3. The maximum atomic E-state index is 13.5. The van der Waals surface area contributed by atoms with Gasteiger partial charge in [-0.2, -0.15) is 0 Å². The minimum atomic E-state index is -0.283. The highest BCUT2D eigenvalue weighted by molar-refractivity contribution is 5.85. The van der Waals surface area contributed by atoms with Crippen LogP contribution in [0.5, 0.6) is 0 Å². The lowest BCUT2D eigenvalue weighted by molar-refractivity contribution is 0.629. The quantitative estimate of drug-likeness (QED) is 0.769. The summed E-state index contributed by atoms with van der Waals surface area (Å²) in [6.45, 7) is 3.99. The van der Waals surface area contributed by atoms with Crippen LogP contribution < -0.4 is 5.73 Å². The summed E-state index contributed by atoms with van der Waals surface area (Å²) < 4.78 is 15.4. The zero-order valence-electron chi connectivity index (χ0n) is 10.9. The molecule has 3 aromatic rings. The van der Waals surface area contributed by atoms with Crippen molar-refractivity contribution in [3.8, 4) is 0 Å². The van der Waals surface area contributed by atoms with Gasteiger partial charge in [0.15, 0.2) is 0 Å². The van der Waals surface area contributed by atoms with Crippen molar-refractivity contribution < 1.29 is 4.39 Å². The van der Waals surface area contributed by atoms with Crippen LogP contribution in [0.4, 0.5) is 10.2 Å². The summed E-state index contributed by atoms with van der Waals surface area (Å²) in [6.07, 6.45) is 1.79. The van der Waals surface area contributed by atoms with E-state index in [9.17, 15) is 4.39 Å². The van der Waals surface area contributed by atoms with E-state index < -0.39 is 0 Å². The summed E-state index contributed by atoms with van der Waals surface area (Å²) in [4.78, 5) is 8.87. The summed E-state index contributed by atoms with van der Waals surface area (Å²) in [5, 5.41) is 0. The molecule has 0 atom stereocenters. The average Bonchev–Trinajstić information content (AvgIpc) is 2.69. The largest absolute Gasteiger partial charge is 0.382 e. The second-order valence-electron chi connectivity index (χ2n) is 4.68. The zero-order chi connectivity index (χ0) is 13.6. The van der Waals surface area contributed by atoms with Crippen LogP contribution in [-0.2, 0) is 6.42 Å². The van der Waals surface area contributed by atoms with Gasteiger partial charge in [0.05, 0.1) is 16.7 Å². The summed E-state index contributed by atoms with van der Waals surface area (Å²) in [6, 6.07) is 4.52. The highest BCUT2D eigenvalue weighted by atomic mass is 19.1. The van der Waals surface area contributed by atoms with Gasteiger partial charge in [0.25, 0.3) is 0 Å². The molecule has 0 spiro atoms. The first-order chi connectivity index (χ1) is 9.11. The summed E-state index contributed by atoms with van der Waals surface area (Å²) in [5.74, 6) is 1.06. The average molecular weight is 258 g/mol. The Morgan fingerprint density at radius 1 is 1.32 bits per heavy atom. The van der Waals surface area contributed by atoms with Crippen molar-refractivity contribution in [1.82, 2.24) is 14.4 Å². The van der Waals surface area contributed by atoms with Crippen LogP contribution in [0.25, 0.3) is 16.6 Å². The topological polar surface area (TPSA) is 56.2 Å². The van der Waals surface area contributed by atoms with Gasteiger partial charge in [0, 0.05) is 12.5 Å². The molecule has 1 aromatic carbocycles. The molecule has 0 radical (unpaired) electrons. The third-order valence-corrected chi connectivity index (χ3v) is 3.26. The molecule has 0 aliphatic carbocycles. The molecule has 4 nitrogen and oxygen atoms in total. The predicted molar refractivity (Wildman–Crippen MR) is 73.6 cm³/mol. The van der Waals surface area contributed by atoms with Crippen LogP contribution in [-0.4, -0.2) is 14.4 Å². The lowest BCUT2D eigenvalue weighted by Gasteiger charge is -2.07. The SMILES string of the molecule is CCCc1nc(C)c2c(N)nc3ccc(F)cc3n12. The Labute approximate surface area is 110 Å². The Balaban J connectivity index is 2.52. The molecule has 0 aliphatic rings. The van der Waals surface area contributed by atoms with E-state index >= 15 is 0 Å². The van der Waals surface area contributed by atoms with Gasteiger partial charge in [-0.3, -0.25) is 4.40 Å². The standard InChI is InChI=1S/C14H15FN4/c1-3-4-12-17-8(2)13-14(16)18-10-6-5-9(15)7-11(10)19(12)13/h5-7H,3-4H2,1-2H3,(H2,16,18). The number of halogens is 1. The fourth-order valence-electron chi connectivity index (χ4n) is 2.49. The van der Waals surface area contributed by atoms with Crippen LogP contribution in [0.1, 0.15) is 24.9 Å². The second kappa shape index (κ2) is 4.19. The van der Waals surface area contributed by atoms with Crippen LogP contribution in [0.2, 0.25) is 0 Å². The molecule has 2 heterocycles. The number of aryl methyl sites for hydroxylation is 2. The van der Waals surface area contributed by atoms with Gasteiger partial charge >= 0.3 is 0 Å². The highest BCUT2D eigenvalue weighted by Gasteiger charge is 2.15. The van der Waals surface area contributed by atoms with E-state index in [0.717, 1.165) is 29.9 Å². The van der Waals surface area contributed by atoms with Gasteiger partial charge < -0.3 is 5.73 Å². The molecule has 2 aromatic heterocycles. The molecule has 0 saturated heterocycles. The van der Waals surface area contributed by atoms with Gasteiger partial charge in [-0.25, -0.2) is 14.4 Å². The summed E-state index contributed by atoms with van der Waals surface area (Å²) in [7, 11) is 0. The number of hydrogen-bond acceptors (Lipinski definition) is 3. The molecule has 5 heteroatoms. The first-order valence-corrected chi connectivity index (χ1v) is 6.34. The first-order valence-electron chi connectivity index (χ1n) is 6.34.